The molecule has 0 bridgehead atoms. The molecule has 0 aliphatic carbocycles. The van der Waals surface area contributed by atoms with E-state index in [0.29, 0.717) is 5.13 Å². The van der Waals surface area contributed by atoms with Crippen LogP contribution in [0.5, 0.6) is 0 Å². The van der Waals surface area contributed by atoms with E-state index in [2.05, 4.69) is 4.98 Å². The summed E-state index contributed by atoms with van der Waals surface area (Å²) in [5, 5.41) is 10.7. The van der Waals surface area contributed by atoms with Crippen molar-refractivity contribution < 1.29 is 14.7 Å². The van der Waals surface area contributed by atoms with E-state index in [-0.39, 0.29) is 18.1 Å². The van der Waals surface area contributed by atoms with Crippen LogP contribution in [0.1, 0.15) is 10.5 Å². The summed E-state index contributed by atoms with van der Waals surface area (Å²) in [4.78, 5) is 29.0. The fourth-order valence-electron chi connectivity index (χ4n) is 0.950. The number of aromatic nitrogens is 1. The molecule has 0 unspecified atom stereocenters. The smallest absolute Gasteiger partial charge is 0.355 e. The van der Waals surface area contributed by atoms with Crippen molar-refractivity contribution in [1.29, 1.82) is 0 Å². The second-order valence-electron chi connectivity index (χ2n) is 3.46. The number of nitrogens with zero attached hydrogens (tertiary/aromatic N) is 3. The summed E-state index contributed by atoms with van der Waals surface area (Å²) >= 11 is 1.20. The predicted octanol–water partition coefficient (Wildman–Crippen LogP) is 0.366. The Hall–Kier alpha value is -1.63. The molecule has 1 aromatic heterocycles. The first kappa shape index (κ1) is 12.4. The third kappa shape index (κ3) is 2.93. The van der Waals surface area contributed by atoms with E-state index < -0.39 is 5.97 Å². The number of amides is 1. The van der Waals surface area contributed by atoms with Gasteiger partial charge in [0.1, 0.15) is 0 Å². The molecular weight excluding hydrogens is 230 g/mol. The van der Waals surface area contributed by atoms with E-state index in [0.717, 1.165) is 0 Å². The predicted molar refractivity (Wildman–Crippen MR) is 61.0 cm³/mol. The highest BCUT2D eigenvalue weighted by Gasteiger charge is 2.14. The van der Waals surface area contributed by atoms with Crippen molar-refractivity contribution >= 4 is 28.3 Å². The second kappa shape index (κ2) is 4.93. The van der Waals surface area contributed by atoms with Crippen molar-refractivity contribution in [3.8, 4) is 0 Å². The molecule has 0 radical (unpaired) electrons. The molecule has 0 spiro atoms. The van der Waals surface area contributed by atoms with Crippen LogP contribution in [-0.4, -0.2) is 54.6 Å². The van der Waals surface area contributed by atoms with Gasteiger partial charge in [-0.3, -0.25) is 4.79 Å². The van der Waals surface area contributed by atoms with Crippen LogP contribution in [0.25, 0.3) is 0 Å². The number of carboxylic acid groups (broad SMARTS) is 1. The SMILES string of the molecule is CN(C)C(=O)CN(C)c1nc(C(=O)O)cs1. The highest BCUT2D eigenvalue weighted by Crippen LogP contribution is 2.18. The van der Waals surface area contributed by atoms with Crippen LogP contribution < -0.4 is 4.90 Å². The third-order valence-corrected chi connectivity index (χ3v) is 2.86. The topological polar surface area (TPSA) is 73.7 Å². The Morgan fingerprint density at radius 1 is 1.44 bits per heavy atom. The van der Waals surface area contributed by atoms with Crippen LogP contribution in [0.2, 0.25) is 0 Å². The van der Waals surface area contributed by atoms with Gasteiger partial charge in [-0.2, -0.15) is 0 Å². The fraction of sp³-hybridized carbons (Fsp3) is 0.444. The normalized spacial score (nSPS) is 9.94. The maximum absolute atomic E-state index is 11.4. The molecule has 1 heterocycles. The standard InChI is InChI=1S/C9H13N3O3S/c1-11(2)7(13)4-12(3)9-10-6(5-16-9)8(14)15/h5H,4H2,1-3H3,(H,14,15). The van der Waals surface area contributed by atoms with Gasteiger partial charge >= 0.3 is 5.97 Å². The molecule has 88 valence electrons. The molecule has 1 amide bonds. The summed E-state index contributed by atoms with van der Waals surface area (Å²) in [6.07, 6.45) is 0. The first-order chi connectivity index (χ1) is 7.41. The van der Waals surface area contributed by atoms with Crippen LogP contribution in [0.3, 0.4) is 0 Å². The van der Waals surface area contributed by atoms with Crippen LogP contribution in [-0.2, 0) is 4.79 Å². The first-order valence-electron chi connectivity index (χ1n) is 4.52. The molecule has 0 atom stereocenters. The Bertz CT molecular complexity index is 402. The lowest BCUT2D eigenvalue weighted by molar-refractivity contribution is -0.127. The minimum Gasteiger partial charge on any atom is -0.476 e. The minimum atomic E-state index is -1.06. The molecule has 0 aromatic carbocycles. The van der Waals surface area contributed by atoms with Crippen molar-refractivity contribution in [2.75, 3.05) is 32.6 Å². The maximum Gasteiger partial charge on any atom is 0.355 e. The second-order valence-corrected chi connectivity index (χ2v) is 4.30. The molecular formula is C9H13N3O3S. The molecule has 6 nitrogen and oxygen atoms in total. The van der Waals surface area contributed by atoms with Crippen molar-refractivity contribution in [2.45, 2.75) is 0 Å². The van der Waals surface area contributed by atoms with Crippen molar-refractivity contribution in [1.82, 2.24) is 9.88 Å². The summed E-state index contributed by atoms with van der Waals surface area (Å²) < 4.78 is 0. The maximum atomic E-state index is 11.4. The van der Waals surface area contributed by atoms with E-state index in [1.807, 2.05) is 0 Å². The highest BCUT2D eigenvalue weighted by atomic mass is 32.1. The van der Waals surface area contributed by atoms with Crippen LogP contribution in [0.4, 0.5) is 5.13 Å². The third-order valence-electron chi connectivity index (χ3n) is 1.91. The van der Waals surface area contributed by atoms with Crippen LogP contribution in [0.15, 0.2) is 5.38 Å². The Kier molecular flexibility index (Phi) is 3.83. The van der Waals surface area contributed by atoms with Gasteiger partial charge in [0.05, 0.1) is 6.54 Å². The number of hydrogen-bond acceptors (Lipinski definition) is 5. The number of aromatic carboxylic acids is 1. The summed E-state index contributed by atoms with van der Waals surface area (Å²) in [6.45, 7) is 0.180. The molecule has 0 aliphatic rings. The monoisotopic (exact) mass is 243 g/mol. The number of anilines is 1. The zero-order valence-electron chi connectivity index (χ0n) is 9.30. The quantitative estimate of drug-likeness (QED) is 0.826. The Morgan fingerprint density at radius 3 is 2.50 bits per heavy atom. The Morgan fingerprint density at radius 2 is 2.06 bits per heavy atom. The van der Waals surface area contributed by atoms with E-state index in [9.17, 15) is 9.59 Å². The average molecular weight is 243 g/mol. The Balaban J connectivity index is 2.69. The van der Waals surface area contributed by atoms with Crippen molar-refractivity contribution in [2.24, 2.45) is 0 Å². The summed E-state index contributed by atoms with van der Waals surface area (Å²) in [5.41, 5.74) is 0.00384. The number of rotatable bonds is 4. The highest BCUT2D eigenvalue weighted by molar-refractivity contribution is 7.13. The number of carboxylic acids is 1. The van der Waals surface area contributed by atoms with Gasteiger partial charge in [-0.25, -0.2) is 9.78 Å². The lowest BCUT2D eigenvalue weighted by Crippen LogP contribution is -2.34. The van der Waals surface area contributed by atoms with Gasteiger partial charge in [0, 0.05) is 26.5 Å². The Labute approximate surface area is 97.1 Å². The van der Waals surface area contributed by atoms with E-state index in [1.54, 1.807) is 26.0 Å². The van der Waals surface area contributed by atoms with Gasteiger partial charge in [0.15, 0.2) is 10.8 Å². The molecule has 0 fully saturated rings. The number of carbonyl (C=O) groups is 2. The average Bonchev–Trinajstić information content (AvgIpc) is 2.65. The fourth-order valence-corrected chi connectivity index (χ4v) is 1.72. The zero-order valence-corrected chi connectivity index (χ0v) is 10.1. The van der Waals surface area contributed by atoms with Gasteiger partial charge in [-0.1, -0.05) is 0 Å². The lowest BCUT2D eigenvalue weighted by atomic mass is 10.5. The molecule has 0 saturated heterocycles. The number of thiazole rings is 1. The largest absolute Gasteiger partial charge is 0.476 e. The summed E-state index contributed by atoms with van der Waals surface area (Å²) in [6, 6.07) is 0. The van der Waals surface area contributed by atoms with E-state index in [1.165, 1.54) is 21.6 Å². The molecule has 0 saturated carbocycles. The molecule has 16 heavy (non-hydrogen) atoms. The number of hydrogen-bond donors (Lipinski definition) is 1. The van der Waals surface area contributed by atoms with Crippen molar-refractivity contribution in [3.63, 3.8) is 0 Å². The number of carbonyl (C=O) groups excluding carboxylic acids is 1. The van der Waals surface area contributed by atoms with Gasteiger partial charge in [-0.15, -0.1) is 11.3 Å². The summed E-state index contributed by atoms with van der Waals surface area (Å²) in [7, 11) is 5.03. The molecule has 1 rings (SSSR count). The van der Waals surface area contributed by atoms with E-state index in [4.69, 9.17) is 5.11 Å². The molecule has 7 heteroatoms. The lowest BCUT2D eigenvalue weighted by Gasteiger charge is -2.17. The first-order valence-corrected chi connectivity index (χ1v) is 5.40. The number of likely N-dealkylation sites (N-methyl/N-ethyl adjacent to an activating group) is 2. The summed E-state index contributed by atoms with van der Waals surface area (Å²) in [5.74, 6) is -1.12. The van der Waals surface area contributed by atoms with Gasteiger partial charge in [0.25, 0.3) is 0 Å². The minimum absolute atomic E-state index is 0.00384. The van der Waals surface area contributed by atoms with Crippen LogP contribution >= 0.6 is 11.3 Å². The molecule has 1 aromatic rings. The zero-order chi connectivity index (χ0) is 12.3. The van der Waals surface area contributed by atoms with Gasteiger partial charge < -0.3 is 14.9 Å². The molecule has 1 N–H and O–H groups in total. The van der Waals surface area contributed by atoms with Gasteiger partial charge in [0.2, 0.25) is 5.91 Å². The van der Waals surface area contributed by atoms with E-state index >= 15 is 0 Å². The molecule has 0 aliphatic heterocycles. The van der Waals surface area contributed by atoms with Crippen molar-refractivity contribution in [3.05, 3.63) is 11.1 Å². The van der Waals surface area contributed by atoms with Gasteiger partial charge in [-0.05, 0) is 0 Å². The van der Waals surface area contributed by atoms with Crippen LogP contribution in [0, 0.1) is 0 Å².